The van der Waals surface area contributed by atoms with Gasteiger partial charge in [0.15, 0.2) is 16.7 Å². The quantitative estimate of drug-likeness (QED) is 0.151. The molecule has 4 heterocycles. The van der Waals surface area contributed by atoms with Crippen LogP contribution in [0.25, 0.3) is 98.9 Å². The van der Waals surface area contributed by atoms with Crippen molar-refractivity contribution in [2.24, 2.45) is 0 Å². The monoisotopic (exact) mass is 1120 g/mol. The van der Waals surface area contributed by atoms with Gasteiger partial charge in [0.05, 0.1) is 33.6 Å². The number of benzene rings is 12. The van der Waals surface area contributed by atoms with Crippen LogP contribution in [0, 0.1) is 0 Å². The number of hydrogen-bond acceptors (Lipinski definition) is 6. The molecule has 1 aliphatic carbocycles. The van der Waals surface area contributed by atoms with Crippen LogP contribution in [0.4, 0.5) is 34.1 Å². The lowest BCUT2D eigenvalue weighted by atomic mass is 9.67. The fraction of sp³-hybridized carbons (Fsp3) is 0.111. The van der Waals surface area contributed by atoms with Gasteiger partial charge in [0.1, 0.15) is 27.9 Å². The molecule has 6 nitrogen and oxygen atoms in total. The molecular formula is C81H60N2O4. The summed E-state index contributed by atoms with van der Waals surface area (Å²) in [6, 6.07) is 91.9. The van der Waals surface area contributed by atoms with E-state index in [1.807, 2.05) is 0 Å². The predicted molar refractivity (Wildman–Crippen MR) is 360 cm³/mol. The number of hydrogen-bond donors (Lipinski definition) is 0. The van der Waals surface area contributed by atoms with E-state index in [-0.39, 0.29) is 10.8 Å². The Balaban J connectivity index is 1.06. The summed E-state index contributed by atoms with van der Waals surface area (Å²) >= 11 is 0. The summed E-state index contributed by atoms with van der Waals surface area (Å²) in [6.07, 6.45) is 0. The Hall–Kier alpha value is -10.6. The van der Waals surface area contributed by atoms with Gasteiger partial charge in [-0.1, -0.05) is 236 Å². The Labute approximate surface area is 503 Å². The first-order chi connectivity index (χ1) is 42.5. The van der Waals surface area contributed by atoms with Crippen molar-refractivity contribution < 1.29 is 17.7 Å². The standard InChI is InChI=1S/C81H60N2O4/c1-79(2,3)59-41-23-37-53-55-39-25-43-63(75(55)86-73(53)59)82(51-31-15-9-16-32-51)65-47-62-72(78-69(65)57-35-19-21-45-67(57)85-78)71-61(81(62,49-27-11-7-12-28-49)50-29-13-8-14-30-50)48-66(77-70(71)58-36-20-22-46-68(58)84-77)83(52-33-17-10-18-34-52)64-44-26-40-56-54-38-24-42-60(80(4,5)6)74(54)87-76(56)64/h7-48H,1-6H3. The third-order valence-electron chi connectivity index (χ3n) is 18.3. The van der Waals surface area contributed by atoms with Gasteiger partial charge in [-0.25, -0.2) is 0 Å². The molecular weight excluding hydrogens is 1060 g/mol. The summed E-state index contributed by atoms with van der Waals surface area (Å²) in [4.78, 5) is 4.79. The minimum Gasteiger partial charge on any atom is -0.455 e. The summed E-state index contributed by atoms with van der Waals surface area (Å²) in [5.74, 6) is 0. The average Bonchev–Trinajstić information content (AvgIpc) is 1.62. The van der Waals surface area contributed by atoms with Gasteiger partial charge in [-0.15, -0.1) is 0 Å². The molecule has 17 rings (SSSR count). The van der Waals surface area contributed by atoms with E-state index >= 15 is 0 Å². The van der Waals surface area contributed by atoms with Crippen molar-refractivity contribution in [3.8, 4) is 11.1 Å². The molecule has 0 saturated heterocycles. The van der Waals surface area contributed by atoms with Crippen molar-refractivity contribution in [2.45, 2.75) is 57.8 Å². The molecule has 16 aromatic rings. The zero-order valence-electron chi connectivity index (χ0n) is 49.3. The second kappa shape index (κ2) is 18.7. The van der Waals surface area contributed by atoms with Gasteiger partial charge < -0.3 is 27.5 Å². The van der Waals surface area contributed by atoms with E-state index in [0.717, 1.165) is 166 Å². The maximum Gasteiger partial charge on any atom is 0.160 e. The van der Waals surface area contributed by atoms with E-state index in [9.17, 15) is 0 Å². The van der Waals surface area contributed by atoms with Crippen LogP contribution in [-0.4, -0.2) is 0 Å². The molecule has 0 atom stereocenters. The molecule has 0 spiro atoms. The molecule has 0 fully saturated rings. The van der Waals surface area contributed by atoms with E-state index in [1.165, 1.54) is 0 Å². The SMILES string of the molecule is CC(C)(C)c1cccc2c1oc1c(N(c3ccccc3)c3cc4c(c5c3oc3ccccc35)-c3c(cc(N(c5ccccc5)c5cccc6c5oc5c(C(C)(C)C)cccc56)c5c3oc3ccccc35)C4(c3ccccc3)c3ccccc3)cccc12. The molecule has 6 heteroatoms. The summed E-state index contributed by atoms with van der Waals surface area (Å²) in [6.45, 7) is 13.5. The van der Waals surface area contributed by atoms with E-state index in [4.69, 9.17) is 17.7 Å². The highest BCUT2D eigenvalue weighted by Crippen LogP contribution is 2.65. The van der Waals surface area contributed by atoms with Crippen molar-refractivity contribution >= 4 is 122 Å². The average molecular weight is 1130 g/mol. The largest absolute Gasteiger partial charge is 0.455 e. The number of furan rings is 4. The van der Waals surface area contributed by atoms with Crippen LogP contribution < -0.4 is 9.80 Å². The van der Waals surface area contributed by atoms with Gasteiger partial charge in [0.25, 0.3) is 0 Å². The molecule has 418 valence electrons. The van der Waals surface area contributed by atoms with Gasteiger partial charge in [0, 0.05) is 71.3 Å². The molecule has 0 bridgehead atoms. The third-order valence-corrected chi connectivity index (χ3v) is 18.3. The Morgan fingerprint density at radius 3 is 1.16 bits per heavy atom. The smallest absolute Gasteiger partial charge is 0.160 e. The second-order valence-corrected chi connectivity index (χ2v) is 25.4. The Bertz CT molecular complexity index is 5380. The van der Waals surface area contributed by atoms with Crippen molar-refractivity contribution in [3.63, 3.8) is 0 Å². The van der Waals surface area contributed by atoms with Crippen molar-refractivity contribution in [1.82, 2.24) is 0 Å². The van der Waals surface area contributed by atoms with Crippen LogP contribution in [0.5, 0.6) is 0 Å². The minimum atomic E-state index is -0.971. The second-order valence-electron chi connectivity index (χ2n) is 25.4. The lowest BCUT2D eigenvalue weighted by Crippen LogP contribution is -2.29. The van der Waals surface area contributed by atoms with Crippen LogP contribution in [0.1, 0.15) is 74.9 Å². The molecule has 0 aliphatic heterocycles. The summed E-state index contributed by atoms with van der Waals surface area (Å²) in [5.41, 5.74) is 19.6. The first-order valence-corrected chi connectivity index (χ1v) is 30.2. The normalized spacial score (nSPS) is 13.3. The summed E-state index contributed by atoms with van der Waals surface area (Å²) < 4.78 is 29.8. The maximum absolute atomic E-state index is 7.63. The highest BCUT2D eigenvalue weighted by atomic mass is 16.3. The molecule has 12 aromatic carbocycles. The minimum absolute atomic E-state index is 0.164. The van der Waals surface area contributed by atoms with E-state index < -0.39 is 5.41 Å². The number of anilines is 6. The summed E-state index contributed by atoms with van der Waals surface area (Å²) in [7, 11) is 0. The molecule has 0 saturated carbocycles. The highest BCUT2D eigenvalue weighted by Gasteiger charge is 2.51. The van der Waals surface area contributed by atoms with Crippen LogP contribution in [0.3, 0.4) is 0 Å². The van der Waals surface area contributed by atoms with Crippen LogP contribution in [0.2, 0.25) is 0 Å². The van der Waals surface area contributed by atoms with Gasteiger partial charge >= 0.3 is 0 Å². The van der Waals surface area contributed by atoms with Crippen LogP contribution in [0.15, 0.2) is 272 Å². The highest BCUT2D eigenvalue weighted by molar-refractivity contribution is 6.27. The van der Waals surface area contributed by atoms with E-state index in [1.54, 1.807) is 0 Å². The van der Waals surface area contributed by atoms with Crippen LogP contribution >= 0.6 is 0 Å². The van der Waals surface area contributed by atoms with Gasteiger partial charge in [-0.05, 0) is 93.7 Å². The van der Waals surface area contributed by atoms with Gasteiger partial charge in [-0.2, -0.15) is 0 Å². The lowest BCUT2D eigenvalue weighted by molar-refractivity contribution is 0.572. The summed E-state index contributed by atoms with van der Waals surface area (Å²) in [5, 5.41) is 8.26. The molecule has 1 aliphatic rings. The molecule has 0 amide bonds. The zero-order chi connectivity index (χ0) is 58.5. The number of para-hydroxylation sites is 8. The van der Waals surface area contributed by atoms with Gasteiger partial charge in [-0.3, -0.25) is 0 Å². The third kappa shape index (κ3) is 7.34. The molecule has 0 unspecified atom stereocenters. The van der Waals surface area contributed by atoms with Crippen LogP contribution in [-0.2, 0) is 16.2 Å². The lowest BCUT2D eigenvalue weighted by Gasteiger charge is -2.36. The van der Waals surface area contributed by atoms with Crippen molar-refractivity contribution in [1.29, 1.82) is 0 Å². The fourth-order valence-electron chi connectivity index (χ4n) is 14.6. The van der Waals surface area contributed by atoms with Crippen molar-refractivity contribution in [2.75, 3.05) is 9.80 Å². The van der Waals surface area contributed by atoms with E-state index in [2.05, 4.69) is 306 Å². The van der Waals surface area contributed by atoms with Gasteiger partial charge in [0.2, 0.25) is 0 Å². The van der Waals surface area contributed by atoms with E-state index in [0.29, 0.717) is 0 Å². The molecule has 4 aromatic heterocycles. The fourth-order valence-corrected chi connectivity index (χ4v) is 14.6. The Morgan fingerprint density at radius 1 is 0.287 bits per heavy atom. The predicted octanol–water partition coefficient (Wildman–Crippen LogP) is 23.2. The number of rotatable bonds is 8. The topological polar surface area (TPSA) is 59.0 Å². The number of fused-ring (bicyclic) bond motifs is 17. The van der Waals surface area contributed by atoms with Crippen molar-refractivity contribution in [3.05, 3.63) is 288 Å². The molecule has 0 N–H and O–H groups in total. The Morgan fingerprint density at radius 2 is 0.667 bits per heavy atom. The Kier molecular flexibility index (Phi) is 11.0. The molecule has 87 heavy (non-hydrogen) atoms. The molecule has 0 radical (unpaired) electrons. The first-order valence-electron chi connectivity index (χ1n) is 30.2. The number of nitrogens with zero attached hydrogens (tertiary/aromatic N) is 2. The zero-order valence-corrected chi connectivity index (χ0v) is 49.3. The maximum atomic E-state index is 7.63. The first kappa shape index (κ1) is 50.9.